The summed E-state index contributed by atoms with van der Waals surface area (Å²) in [4.78, 5) is 28.8. The first-order chi connectivity index (χ1) is 14.2. The molecule has 0 radical (unpaired) electrons. The smallest absolute Gasteiger partial charge is 0.260 e. The Bertz CT molecular complexity index is 1250. The van der Waals surface area contributed by atoms with Crippen LogP contribution >= 0.6 is 0 Å². The zero-order chi connectivity index (χ0) is 20.2. The van der Waals surface area contributed by atoms with Crippen molar-refractivity contribution in [2.75, 3.05) is 7.11 Å². The third-order valence-electron chi connectivity index (χ3n) is 4.78. The standard InChI is InChI=1S/C25H19NO3/c1-29-19-14-11-17(12-15-19)13-16-21-20-9-5-6-10-22(20)26-25(28)23(21)24(27)18-7-3-2-4-8-18/h2-16H,1H3,(H,26,28)/b16-13+. The van der Waals surface area contributed by atoms with Crippen LogP contribution in [-0.4, -0.2) is 17.9 Å². The molecule has 0 aliphatic heterocycles. The first kappa shape index (κ1) is 18.4. The average Bonchev–Trinajstić information content (AvgIpc) is 2.77. The van der Waals surface area contributed by atoms with Gasteiger partial charge in [-0.25, -0.2) is 0 Å². The Morgan fingerprint density at radius 1 is 0.862 bits per heavy atom. The Morgan fingerprint density at radius 2 is 1.55 bits per heavy atom. The first-order valence-corrected chi connectivity index (χ1v) is 9.24. The summed E-state index contributed by atoms with van der Waals surface area (Å²) < 4.78 is 5.19. The maximum Gasteiger partial charge on any atom is 0.260 e. The van der Waals surface area contributed by atoms with Gasteiger partial charge < -0.3 is 9.72 Å². The fourth-order valence-corrected chi connectivity index (χ4v) is 3.30. The molecule has 4 rings (SSSR count). The third kappa shape index (κ3) is 3.73. The highest BCUT2D eigenvalue weighted by molar-refractivity contribution is 6.13. The summed E-state index contributed by atoms with van der Waals surface area (Å²) in [6.45, 7) is 0. The number of ether oxygens (including phenoxy) is 1. The number of fused-ring (bicyclic) bond motifs is 1. The molecular formula is C25H19NO3. The molecule has 0 bridgehead atoms. The number of methoxy groups -OCH3 is 1. The molecule has 0 aliphatic rings. The molecule has 0 saturated carbocycles. The molecular weight excluding hydrogens is 362 g/mol. The molecule has 0 aliphatic carbocycles. The number of pyridine rings is 1. The lowest BCUT2D eigenvalue weighted by molar-refractivity contribution is 0.103. The van der Waals surface area contributed by atoms with Crippen LogP contribution in [0.1, 0.15) is 27.0 Å². The van der Waals surface area contributed by atoms with E-state index in [9.17, 15) is 9.59 Å². The molecule has 1 N–H and O–H groups in total. The Labute approximate surface area is 168 Å². The molecule has 3 aromatic carbocycles. The van der Waals surface area contributed by atoms with E-state index in [0.717, 1.165) is 16.7 Å². The van der Waals surface area contributed by atoms with Crippen LogP contribution in [0.4, 0.5) is 0 Å². The second-order valence-corrected chi connectivity index (χ2v) is 6.59. The number of rotatable bonds is 5. The van der Waals surface area contributed by atoms with Crippen LogP contribution in [0.2, 0.25) is 0 Å². The maximum atomic E-state index is 13.2. The van der Waals surface area contributed by atoms with E-state index in [4.69, 9.17) is 4.74 Å². The monoisotopic (exact) mass is 381 g/mol. The van der Waals surface area contributed by atoms with Crippen molar-refractivity contribution in [2.45, 2.75) is 0 Å². The van der Waals surface area contributed by atoms with Crippen LogP contribution in [0.5, 0.6) is 5.75 Å². The van der Waals surface area contributed by atoms with Gasteiger partial charge in [0.05, 0.1) is 12.7 Å². The van der Waals surface area contributed by atoms with E-state index >= 15 is 0 Å². The van der Waals surface area contributed by atoms with Crippen molar-refractivity contribution in [3.05, 3.63) is 111 Å². The number of carbonyl (C=O) groups excluding carboxylic acids is 1. The van der Waals surface area contributed by atoms with Crippen LogP contribution in [0.3, 0.4) is 0 Å². The molecule has 4 aromatic rings. The number of nitrogens with one attached hydrogen (secondary N) is 1. The zero-order valence-corrected chi connectivity index (χ0v) is 15.9. The summed E-state index contributed by atoms with van der Waals surface area (Å²) in [5, 5.41) is 0.816. The van der Waals surface area contributed by atoms with Crippen molar-refractivity contribution in [3.8, 4) is 5.75 Å². The van der Waals surface area contributed by atoms with Gasteiger partial charge in [-0.3, -0.25) is 9.59 Å². The van der Waals surface area contributed by atoms with Crippen LogP contribution in [0, 0.1) is 0 Å². The number of ketones is 1. The minimum Gasteiger partial charge on any atom is -0.497 e. The molecule has 0 spiro atoms. The van der Waals surface area contributed by atoms with E-state index in [1.807, 2.05) is 66.7 Å². The van der Waals surface area contributed by atoms with Crippen molar-refractivity contribution >= 4 is 28.8 Å². The van der Waals surface area contributed by atoms with Gasteiger partial charge in [0.2, 0.25) is 0 Å². The van der Waals surface area contributed by atoms with Gasteiger partial charge in [0.25, 0.3) is 5.56 Å². The van der Waals surface area contributed by atoms with Crippen molar-refractivity contribution in [1.82, 2.24) is 4.98 Å². The van der Waals surface area contributed by atoms with Crippen molar-refractivity contribution < 1.29 is 9.53 Å². The maximum absolute atomic E-state index is 13.2. The molecule has 0 saturated heterocycles. The highest BCUT2D eigenvalue weighted by atomic mass is 16.5. The van der Waals surface area contributed by atoms with E-state index in [1.54, 1.807) is 31.4 Å². The predicted octanol–water partition coefficient (Wildman–Crippen LogP) is 4.94. The number of hydrogen-bond donors (Lipinski definition) is 1. The van der Waals surface area contributed by atoms with Crippen molar-refractivity contribution in [1.29, 1.82) is 0 Å². The number of benzene rings is 3. The SMILES string of the molecule is COc1ccc(/C=C/c2c(C(=O)c3ccccc3)c(=O)[nH]c3ccccc23)cc1. The lowest BCUT2D eigenvalue weighted by atomic mass is 9.95. The molecule has 29 heavy (non-hydrogen) atoms. The van der Waals surface area contributed by atoms with E-state index in [2.05, 4.69) is 4.98 Å². The van der Waals surface area contributed by atoms with Gasteiger partial charge in [-0.1, -0.05) is 72.8 Å². The van der Waals surface area contributed by atoms with Crippen molar-refractivity contribution in [3.63, 3.8) is 0 Å². The summed E-state index contributed by atoms with van der Waals surface area (Å²) in [5.74, 6) is 0.468. The third-order valence-corrected chi connectivity index (χ3v) is 4.78. The van der Waals surface area contributed by atoms with Gasteiger partial charge in [0, 0.05) is 22.0 Å². The minimum absolute atomic E-state index is 0.139. The Hall–Kier alpha value is -3.92. The number of carbonyl (C=O) groups is 1. The summed E-state index contributed by atoms with van der Waals surface area (Å²) in [5.41, 5.74) is 2.46. The Balaban J connectivity index is 1.89. The molecule has 0 unspecified atom stereocenters. The van der Waals surface area contributed by atoms with Crippen LogP contribution < -0.4 is 10.3 Å². The summed E-state index contributed by atoms with van der Waals surface area (Å²) >= 11 is 0. The van der Waals surface area contributed by atoms with Gasteiger partial charge in [-0.05, 0) is 23.8 Å². The second-order valence-electron chi connectivity index (χ2n) is 6.59. The van der Waals surface area contributed by atoms with Crippen LogP contribution in [-0.2, 0) is 0 Å². The number of aromatic amines is 1. The lowest BCUT2D eigenvalue weighted by Crippen LogP contribution is -2.20. The largest absolute Gasteiger partial charge is 0.497 e. The Morgan fingerprint density at radius 3 is 2.28 bits per heavy atom. The first-order valence-electron chi connectivity index (χ1n) is 9.24. The second kappa shape index (κ2) is 7.98. The number of H-pyrrole nitrogens is 1. The number of hydrogen-bond acceptors (Lipinski definition) is 3. The molecule has 1 heterocycles. The highest BCUT2D eigenvalue weighted by Crippen LogP contribution is 2.23. The summed E-state index contributed by atoms with van der Waals surface area (Å²) in [6.07, 6.45) is 3.72. The molecule has 1 aromatic heterocycles. The fraction of sp³-hybridized carbons (Fsp3) is 0.0400. The molecule has 142 valence electrons. The van der Waals surface area contributed by atoms with Gasteiger partial charge in [0.1, 0.15) is 5.75 Å². The van der Waals surface area contributed by atoms with E-state index < -0.39 is 5.56 Å². The summed E-state index contributed by atoms with van der Waals surface area (Å²) in [6, 6.07) is 23.9. The molecule has 0 atom stereocenters. The number of para-hydroxylation sites is 1. The van der Waals surface area contributed by atoms with E-state index in [0.29, 0.717) is 16.6 Å². The quantitative estimate of drug-likeness (QED) is 0.498. The zero-order valence-electron chi connectivity index (χ0n) is 15.9. The topological polar surface area (TPSA) is 59.2 Å². The number of aromatic nitrogens is 1. The lowest BCUT2D eigenvalue weighted by Gasteiger charge is -2.09. The van der Waals surface area contributed by atoms with Gasteiger partial charge in [-0.2, -0.15) is 0 Å². The molecule has 4 heteroatoms. The van der Waals surface area contributed by atoms with E-state index in [1.165, 1.54) is 0 Å². The predicted molar refractivity (Wildman–Crippen MR) is 116 cm³/mol. The highest BCUT2D eigenvalue weighted by Gasteiger charge is 2.19. The molecule has 0 fully saturated rings. The van der Waals surface area contributed by atoms with Crippen LogP contribution in [0.25, 0.3) is 23.1 Å². The molecule has 4 nitrogen and oxygen atoms in total. The Kier molecular flexibility index (Phi) is 5.08. The van der Waals surface area contributed by atoms with Gasteiger partial charge >= 0.3 is 0 Å². The minimum atomic E-state index is -0.396. The fourth-order valence-electron chi connectivity index (χ4n) is 3.30. The van der Waals surface area contributed by atoms with Gasteiger partial charge in [0.15, 0.2) is 5.78 Å². The van der Waals surface area contributed by atoms with Crippen molar-refractivity contribution in [2.24, 2.45) is 0 Å². The summed E-state index contributed by atoms with van der Waals surface area (Å²) in [7, 11) is 1.62. The normalized spacial score (nSPS) is 11.1. The van der Waals surface area contributed by atoms with Gasteiger partial charge in [-0.15, -0.1) is 0 Å². The molecule has 0 amide bonds. The average molecular weight is 381 g/mol. The van der Waals surface area contributed by atoms with Crippen LogP contribution in [0.15, 0.2) is 83.7 Å². The van der Waals surface area contributed by atoms with E-state index in [-0.39, 0.29) is 11.3 Å².